The summed E-state index contributed by atoms with van der Waals surface area (Å²) in [4.78, 5) is 30.9. The summed E-state index contributed by atoms with van der Waals surface area (Å²) in [5.41, 5.74) is 0.609. The lowest BCUT2D eigenvalue weighted by Gasteiger charge is -2.23. The molecule has 1 unspecified atom stereocenters. The molecule has 2 amide bonds. The van der Waals surface area contributed by atoms with E-state index < -0.39 is 5.41 Å². The van der Waals surface area contributed by atoms with E-state index in [-0.39, 0.29) is 24.8 Å². The lowest BCUT2D eigenvalue weighted by atomic mass is 9.88. The number of ether oxygens (including phenoxy) is 1. The maximum Gasteiger partial charge on any atom is 0.228 e. The Kier molecular flexibility index (Phi) is 5.58. The Labute approximate surface area is 167 Å². The molecule has 1 atom stereocenters. The largest absolute Gasteiger partial charge is 0.481 e. The molecule has 1 aliphatic heterocycles. The number of nitrogens with zero attached hydrogens (tertiary/aromatic N) is 2. The third-order valence-electron chi connectivity index (χ3n) is 4.52. The van der Waals surface area contributed by atoms with Gasteiger partial charge in [0.05, 0.1) is 12.5 Å². The van der Waals surface area contributed by atoms with E-state index in [1.807, 2.05) is 0 Å². The van der Waals surface area contributed by atoms with Crippen LogP contribution in [0, 0.1) is 5.41 Å². The monoisotopic (exact) mass is 407 g/mol. The van der Waals surface area contributed by atoms with Gasteiger partial charge in [-0.1, -0.05) is 23.2 Å². The van der Waals surface area contributed by atoms with Crippen molar-refractivity contribution in [2.24, 2.45) is 5.41 Å². The van der Waals surface area contributed by atoms with Gasteiger partial charge in [-0.2, -0.15) is 0 Å². The molecule has 1 aliphatic rings. The Bertz CT molecular complexity index is 870. The molecule has 1 N–H and O–H groups in total. The van der Waals surface area contributed by atoms with E-state index in [0.29, 0.717) is 28.2 Å². The number of hydrogen-bond donors (Lipinski definition) is 1. The molecule has 27 heavy (non-hydrogen) atoms. The number of anilines is 1. The molecular formula is C19H19Cl2N3O3. The lowest BCUT2D eigenvalue weighted by molar-refractivity contribution is -0.131. The van der Waals surface area contributed by atoms with Crippen molar-refractivity contribution in [1.82, 2.24) is 10.3 Å². The standard InChI is InChI=1S/C19H19Cl2N3O3/c1-19(18(26)23-10-12-3-4-22-16(5-12)27-2)9-17(25)24(11-19)15-7-13(20)6-14(21)8-15/h3-8H,9-11H2,1-2H3,(H,23,26). The summed E-state index contributed by atoms with van der Waals surface area (Å²) in [7, 11) is 1.53. The molecule has 142 valence electrons. The van der Waals surface area contributed by atoms with Crippen LogP contribution in [0.3, 0.4) is 0 Å². The van der Waals surface area contributed by atoms with Gasteiger partial charge in [0.25, 0.3) is 0 Å². The minimum absolute atomic E-state index is 0.114. The van der Waals surface area contributed by atoms with Crippen LogP contribution in [0.5, 0.6) is 5.88 Å². The van der Waals surface area contributed by atoms with Gasteiger partial charge >= 0.3 is 0 Å². The smallest absolute Gasteiger partial charge is 0.228 e. The maximum absolute atomic E-state index is 12.8. The third-order valence-corrected chi connectivity index (χ3v) is 4.95. The minimum Gasteiger partial charge on any atom is -0.481 e. The third kappa shape index (κ3) is 4.34. The van der Waals surface area contributed by atoms with E-state index in [2.05, 4.69) is 10.3 Å². The SMILES string of the molecule is COc1cc(CNC(=O)C2(C)CC(=O)N(c3cc(Cl)cc(Cl)c3)C2)ccn1. The van der Waals surface area contributed by atoms with Crippen LogP contribution < -0.4 is 15.0 Å². The van der Waals surface area contributed by atoms with E-state index in [1.54, 1.807) is 48.4 Å². The summed E-state index contributed by atoms with van der Waals surface area (Å²) in [6.45, 7) is 2.36. The van der Waals surface area contributed by atoms with Gasteiger partial charge in [-0.3, -0.25) is 9.59 Å². The number of pyridine rings is 1. The Morgan fingerprint density at radius 3 is 2.67 bits per heavy atom. The van der Waals surface area contributed by atoms with Crippen molar-refractivity contribution in [2.75, 3.05) is 18.6 Å². The zero-order chi connectivity index (χ0) is 19.6. The second-order valence-electron chi connectivity index (χ2n) is 6.73. The number of halogens is 2. The van der Waals surface area contributed by atoms with E-state index in [1.165, 1.54) is 7.11 Å². The van der Waals surface area contributed by atoms with E-state index >= 15 is 0 Å². The molecule has 2 heterocycles. The lowest BCUT2D eigenvalue weighted by Crippen LogP contribution is -2.40. The highest BCUT2D eigenvalue weighted by molar-refractivity contribution is 6.35. The van der Waals surface area contributed by atoms with Gasteiger partial charge in [0.1, 0.15) is 0 Å². The number of amides is 2. The molecule has 0 bridgehead atoms. The van der Waals surface area contributed by atoms with Crippen LogP contribution in [-0.2, 0) is 16.1 Å². The molecule has 1 saturated heterocycles. The molecule has 0 radical (unpaired) electrons. The minimum atomic E-state index is -0.844. The average molecular weight is 408 g/mol. The number of hydrogen-bond acceptors (Lipinski definition) is 4. The molecule has 0 aliphatic carbocycles. The number of rotatable bonds is 5. The van der Waals surface area contributed by atoms with Crippen LogP contribution >= 0.6 is 23.2 Å². The number of benzene rings is 1. The number of aromatic nitrogens is 1. The average Bonchev–Trinajstić information content (AvgIpc) is 2.95. The van der Waals surface area contributed by atoms with Gasteiger partial charge in [-0.25, -0.2) is 4.98 Å². The predicted molar refractivity (Wildman–Crippen MR) is 104 cm³/mol. The van der Waals surface area contributed by atoms with Crippen LogP contribution in [0.1, 0.15) is 18.9 Å². The van der Waals surface area contributed by atoms with Crippen molar-refractivity contribution in [3.05, 3.63) is 52.1 Å². The topological polar surface area (TPSA) is 71.5 Å². The van der Waals surface area contributed by atoms with Gasteiger partial charge in [0, 0.05) is 47.5 Å². The van der Waals surface area contributed by atoms with Crippen molar-refractivity contribution < 1.29 is 14.3 Å². The van der Waals surface area contributed by atoms with Crippen LogP contribution in [0.2, 0.25) is 10.0 Å². The van der Waals surface area contributed by atoms with Crippen LogP contribution in [0.25, 0.3) is 0 Å². The second kappa shape index (κ2) is 7.74. The van der Waals surface area contributed by atoms with Crippen molar-refractivity contribution in [1.29, 1.82) is 0 Å². The highest BCUT2D eigenvalue weighted by atomic mass is 35.5. The number of carbonyl (C=O) groups excluding carboxylic acids is 2. The Hall–Kier alpha value is -2.31. The Morgan fingerprint density at radius 1 is 1.30 bits per heavy atom. The predicted octanol–water partition coefficient (Wildman–Crippen LogP) is 3.46. The maximum atomic E-state index is 12.8. The van der Waals surface area contributed by atoms with Crippen LogP contribution in [0.15, 0.2) is 36.5 Å². The normalized spacial score (nSPS) is 19.3. The highest BCUT2D eigenvalue weighted by Gasteiger charge is 2.45. The number of carbonyl (C=O) groups is 2. The van der Waals surface area contributed by atoms with E-state index in [4.69, 9.17) is 27.9 Å². The van der Waals surface area contributed by atoms with Crippen molar-refractivity contribution in [3.8, 4) is 5.88 Å². The van der Waals surface area contributed by atoms with Crippen LogP contribution in [-0.4, -0.2) is 30.5 Å². The number of nitrogens with one attached hydrogen (secondary N) is 1. The molecule has 0 spiro atoms. The summed E-state index contributed by atoms with van der Waals surface area (Å²) in [5, 5.41) is 3.77. The van der Waals surface area contributed by atoms with Gasteiger partial charge in [0.15, 0.2) is 0 Å². The van der Waals surface area contributed by atoms with E-state index in [0.717, 1.165) is 5.56 Å². The first-order valence-corrected chi connectivity index (χ1v) is 9.10. The zero-order valence-corrected chi connectivity index (χ0v) is 16.5. The van der Waals surface area contributed by atoms with Crippen molar-refractivity contribution in [2.45, 2.75) is 19.9 Å². The molecular weight excluding hydrogens is 389 g/mol. The molecule has 1 aromatic heterocycles. The van der Waals surface area contributed by atoms with Gasteiger partial charge in [-0.05, 0) is 36.8 Å². The van der Waals surface area contributed by atoms with Crippen molar-refractivity contribution in [3.63, 3.8) is 0 Å². The first-order chi connectivity index (χ1) is 12.8. The Morgan fingerprint density at radius 2 is 2.00 bits per heavy atom. The molecule has 1 fully saturated rings. The molecule has 0 saturated carbocycles. The molecule has 1 aromatic carbocycles. The molecule has 3 rings (SSSR count). The Balaban J connectivity index is 1.70. The molecule has 8 heteroatoms. The quantitative estimate of drug-likeness (QED) is 0.823. The summed E-state index contributed by atoms with van der Waals surface area (Å²) in [5.74, 6) is 0.145. The fourth-order valence-corrected chi connectivity index (χ4v) is 3.59. The second-order valence-corrected chi connectivity index (χ2v) is 7.61. The molecule has 2 aromatic rings. The molecule has 6 nitrogen and oxygen atoms in total. The van der Waals surface area contributed by atoms with Gasteiger partial charge in [0.2, 0.25) is 17.7 Å². The summed E-state index contributed by atoms with van der Waals surface area (Å²) in [6, 6.07) is 8.48. The van der Waals surface area contributed by atoms with Crippen molar-refractivity contribution >= 4 is 40.7 Å². The summed E-state index contributed by atoms with van der Waals surface area (Å²) < 4.78 is 5.08. The highest BCUT2D eigenvalue weighted by Crippen LogP contribution is 2.36. The van der Waals surface area contributed by atoms with Crippen LogP contribution in [0.4, 0.5) is 5.69 Å². The number of methoxy groups -OCH3 is 1. The zero-order valence-electron chi connectivity index (χ0n) is 15.0. The van der Waals surface area contributed by atoms with Gasteiger partial charge < -0.3 is 15.0 Å². The summed E-state index contributed by atoms with van der Waals surface area (Å²) in [6.07, 6.45) is 1.73. The fraction of sp³-hybridized carbons (Fsp3) is 0.316. The first-order valence-electron chi connectivity index (χ1n) is 8.34. The first kappa shape index (κ1) is 19.5. The van der Waals surface area contributed by atoms with E-state index in [9.17, 15) is 9.59 Å². The summed E-state index contributed by atoms with van der Waals surface area (Å²) >= 11 is 12.1. The van der Waals surface area contributed by atoms with Gasteiger partial charge in [-0.15, -0.1) is 0 Å². The fourth-order valence-electron chi connectivity index (χ4n) is 3.07.